The van der Waals surface area contributed by atoms with Gasteiger partial charge >= 0.3 is 0 Å². The predicted molar refractivity (Wildman–Crippen MR) is 97.4 cm³/mol. The minimum absolute atomic E-state index is 0.349. The number of amides is 1. The topological polar surface area (TPSA) is 80.9 Å². The van der Waals surface area contributed by atoms with Crippen molar-refractivity contribution in [3.63, 3.8) is 0 Å². The highest BCUT2D eigenvalue weighted by Gasteiger charge is 2.20. The molecule has 3 aromatic rings. The second-order valence-electron chi connectivity index (χ2n) is 4.91. The van der Waals surface area contributed by atoms with Crippen molar-refractivity contribution in [1.29, 1.82) is 0 Å². The minimum Gasteiger partial charge on any atom is -0.316 e. The van der Waals surface area contributed by atoms with E-state index in [2.05, 4.69) is 15.3 Å². The van der Waals surface area contributed by atoms with Crippen LogP contribution in [0.4, 0.5) is 5.13 Å². The zero-order valence-electron chi connectivity index (χ0n) is 12.2. The summed E-state index contributed by atoms with van der Waals surface area (Å²) >= 11 is 13.3. The largest absolute Gasteiger partial charge is 0.316 e. The van der Waals surface area contributed by atoms with Crippen LogP contribution in [0.5, 0.6) is 0 Å². The van der Waals surface area contributed by atoms with Crippen molar-refractivity contribution >= 4 is 45.6 Å². The molecule has 1 aromatic carbocycles. The lowest BCUT2D eigenvalue weighted by Crippen LogP contribution is -2.27. The molecular formula is C16H12Cl2N4OS. The molecule has 5 nitrogen and oxygen atoms in total. The van der Waals surface area contributed by atoms with E-state index in [0.717, 1.165) is 11.3 Å². The number of benzene rings is 1. The number of aromatic nitrogens is 2. The lowest BCUT2D eigenvalue weighted by Gasteiger charge is -2.13. The van der Waals surface area contributed by atoms with Crippen LogP contribution in [-0.2, 0) is 4.79 Å². The molecule has 3 rings (SSSR count). The maximum Gasteiger partial charge on any atom is 0.247 e. The number of nitrogens with one attached hydrogen (secondary N) is 1. The van der Waals surface area contributed by atoms with Crippen LogP contribution in [0.25, 0.3) is 11.3 Å². The molecule has 8 heteroatoms. The van der Waals surface area contributed by atoms with Crippen molar-refractivity contribution in [2.24, 2.45) is 5.73 Å². The Bertz CT molecular complexity index is 870. The van der Waals surface area contributed by atoms with Gasteiger partial charge in [0, 0.05) is 33.4 Å². The van der Waals surface area contributed by atoms with Crippen LogP contribution in [-0.4, -0.2) is 15.9 Å². The highest BCUT2D eigenvalue weighted by molar-refractivity contribution is 7.14. The molecule has 0 saturated carbocycles. The maximum absolute atomic E-state index is 12.3. The molecule has 0 spiro atoms. The van der Waals surface area contributed by atoms with Crippen LogP contribution < -0.4 is 11.1 Å². The van der Waals surface area contributed by atoms with E-state index in [1.54, 1.807) is 30.6 Å². The Morgan fingerprint density at radius 3 is 2.67 bits per heavy atom. The first kappa shape index (κ1) is 16.9. The van der Waals surface area contributed by atoms with Crippen LogP contribution in [0.15, 0.2) is 48.1 Å². The summed E-state index contributed by atoms with van der Waals surface area (Å²) in [5.41, 5.74) is 8.17. The average molecular weight is 379 g/mol. The Kier molecular flexibility index (Phi) is 5.11. The van der Waals surface area contributed by atoms with Crippen LogP contribution in [0.3, 0.4) is 0 Å². The maximum atomic E-state index is 12.3. The van der Waals surface area contributed by atoms with E-state index in [-0.39, 0.29) is 0 Å². The fourth-order valence-corrected chi connectivity index (χ4v) is 3.31. The summed E-state index contributed by atoms with van der Waals surface area (Å²) < 4.78 is 0. The van der Waals surface area contributed by atoms with Crippen LogP contribution in [0, 0.1) is 0 Å². The Morgan fingerprint density at radius 1 is 1.21 bits per heavy atom. The first-order valence-corrected chi connectivity index (χ1v) is 8.55. The normalized spacial score (nSPS) is 12.0. The van der Waals surface area contributed by atoms with E-state index in [1.165, 1.54) is 11.3 Å². The minimum atomic E-state index is -0.914. The van der Waals surface area contributed by atoms with Gasteiger partial charge in [0.1, 0.15) is 6.04 Å². The van der Waals surface area contributed by atoms with Gasteiger partial charge in [0.15, 0.2) is 5.13 Å². The standard InChI is InChI=1S/C16H12Cl2N4OS/c17-10-1-2-11(12(18)7-10)14(19)15(23)22-16-21-13(8-24-16)9-3-5-20-6-4-9/h1-8,14H,19H2,(H,21,22,23). The first-order chi connectivity index (χ1) is 11.5. The third-order valence-corrected chi connectivity index (χ3v) is 4.61. The summed E-state index contributed by atoms with van der Waals surface area (Å²) in [5.74, 6) is -0.394. The number of nitrogens with two attached hydrogens (primary N) is 1. The molecule has 0 saturated heterocycles. The second kappa shape index (κ2) is 7.27. The van der Waals surface area contributed by atoms with E-state index < -0.39 is 11.9 Å². The Hall–Kier alpha value is -1.99. The lowest BCUT2D eigenvalue weighted by molar-refractivity contribution is -0.117. The Balaban J connectivity index is 1.74. The third kappa shape index (κ3) is 3.73. The molecule has 1 amide bonds. The summed E-state index contributed by atoms with van der Waals surface area (Å²) in [5, 5.41) is 5.86. The fraction of sp³-hybridized carbons (Fsp3) is 0.0625. The van der Waals surface area contributed by atoms with Gasteiger partial charge in [-0.15, -0.1) is 11.3 Å². The molecule has 1 atom stereocenters. The van der Waals surface area contributed by atoms with Gasteiger partial charge in [-0.3, -0.25) is 9.78 Å². The van der Waals surface area contributed by atoms with Crippen molar-refractivity contribution in [2.45, 2.75) is 6.04 Å². The SMILES string of the molecule is NC(C(=O)Nc1nc(-c2ccncc2)cs1)c1ccc(Cl)cc1Cl. The van der Waals surface area contributed by atoms with Gasteiger partial charge in [-0.1, -0.05) is 29.3 Å². The molecule has 0 aliphatic heterocycles. The van der Waals surface area contributed by atoms with E-state index in [4.69, 9.17) is 28.9 Å². The van der Waals surface area contributed by atoms with Gasteiger partial charge in [-0.25, -0.2) is 4.98 Å². The quantitative estimate of drug-likeness (QED) is 0.714. The van der Waals surface area contributed by atoms with Crippen LogP contribution >= 0.6 is 34.5 Å². The predicted octanol–water partition coefficient (Wildman–Crippen LogP) is 4.15. The number of hydrogen-bond donors (Lipinski definition) is 2. The Morgan fingerprint density at radius 2 is 1.96 bits per heavy atom. The molecule has 0 radical (unpaired) electrons. The van der Waals surface area contributed by atoms with Gasteiger partial charge in [-0.05, 0) is 29.8 Å². The summed E-state index contributed by atoms with van der Waals surface area (Å²) in [6.45, 7) is 0. The van der Waals surface area contributed by atoms with E-state index in [1.807, 2.05) is 17.5 Å². The second-order valence-corrected chi connectivity index (χ2v) is 6.61. The Labute approximate surface area is 152 Å². The van der Waals surface area contributed by atoms with Crippen molar-refractivity contribution in [2.75, 3.05) is 5.32 Å². The number of hydrogen-bond acceptors (Lipinski definition) is 5. The number of anilines is 1. The molecule has 0 fully saturated rings. The number of halogens is 2. The average Bonchev–Trinajstić information content (AvgIpc) is 3.03. The fourth-order valence-electron chi connectivity index (χ4n) is 2.06. The zero-order chi connectivity index (χ0) is 17.1. The smallest absolute Gasteiger partial charge is 0.247 e. The van der Waals surface area contributed by atoms with Crippen LogP contribution in [0.1, 0.15) is 11.6 Å². The highest BCUT2D eigenvalue weighted by atomic mass is 35.5. The van der Waals surface area contributed by atoms with Gasteiger partial charge in [0.25, 0.3) is 0 Å². The van der Waals surface area contributed by atoms with Crippen molar-refractivity contribution in [3.8, 4) is 11.3 Å². The molecule has 1 unspecified atom stereocenters. The molecule has 2 aromatic heterocycles. The number of rotatable bonds is 4. The molecular weight excluding hydrogens is 367 g/mol. The van der Waals surface area contributed by atoms with Crippen molar-refractivity contribution in [1.82, 2.24) is 9.97 Å². The summed E-state index contributed by atoms with van der Waals surface area (Å²) in [6, 6.07) is 7.61. The lowest BCUT2D eigenvalue weighted by atomic mass is 10.1. The number of carbonyl (C=O) groups is 1. The molecule has 24 heavy (non-hydrogen) atoms. The van der Waals surface area contributed by atoms with Crippen LogP contribution in [0.2, 0.25) is 10.0 Å². The summed E-state index contributed by atoms with van der Waals surface area (Å²) in [7, 11) is 0. The number of thiazole rings is 1. The monoisotopic (exact) mass is 378 g/mol. The zero-order valence-corrected chi connectivity index (χ0v) is 14.6. The van der Waals surface area contributed by atoms with Gasteiger partial charge in [0.2, 0.25) is 5.91 Å². The molecule has 3 N–H and O–H groups in total. The third-order valence-electron chi connectivity index (χ3n) is 3.29. The molecule has 0 aliphatic carbocycles. The first-order valence-electron chi connectivity index (χ1n) is 6.92. The number of carbonyl (C=O) groups excluding carboxylic acids is 1. The van der Waals surface area contributed by atoms with Gasteiger partial charge < -0.3 is 11.1 Å². The van der Waals surface area contributed by atoms with Crippen molar-refractivity contribution < 1.29 is 4.79 Å². The molecule has 2 heterocycles. The van der Waals surface area contributed by atoms with Crippen molar-refractivity contribution in [3.05, 3.63) is 63.7 Å². The molecule has 0 aliphatic rings. The highest BCUT2D eigenvalue weighted by Crippen LogP contribution is 2.28. The molecule has 0 bridgehead atoms. The van der Waals surface area contributed by atoms with Gasteiger partial charge in [-0.2, -0.15) is 0 Å². The van der Waals surface area contributed by atoms with E-state index >= 15 is 0 Å². The van der Waals surface area contributed by atoms with E-state index in [0.29, 0.717) is 20.7 Å². The molecule has 122 valence electrons. The van der Waals surface area contributed by atoms with Gasteiger partial charge in [0.05, 0.1) is 5.69 Å². The number of pyridine rings is 1. The van der Waals surface area contributed by atoms with E-state index in [9.17, 15) is 4.79 Å². The number of nitrogens with zero attached hydrogens (tertiary/aromatic N) is 2. The summed E-state index contributed by atoms with van der Waals surface area (Å²) in [4.78, 5) is 20.7. The summed E-state index contributed by atoms with van der Waals surface area (Å²) in [6.07, 6.45) is 3.37.